The summed E-state index contributed by atoms with van der Waals surface area (Å²) in [6.45, 7) is 1.74. The largest absolute Gasteiger partial charge is 0.420 e. The summed E-state index contributed by atoms with van der Waals surface area (Å²) in [5, 5.41) is 8.05. The summed E-state index contributed by atoms with van der Waals surface area (Å²) in [6.07, 6.45) is -9.87. The van der Waals surface area contributed by atoms with Gasteiger partial charge in [-0.05, 0) is 83.5 Å². The lowest BCUT2D eigenvalue weighted by Crippen LogP contribution is -2.69. The summed E-state index contributed by atoms with van der Waals surface area (Å²) in [6, 6.07) is -1.70. The van der Waals surface area contributed by atoms with Crippen LogP contribution in [0.4, 0.5) is 26.3 Å². The van der Waals surface area contributed by atoms with Crippen molar-refractivity contribution >= 4 is 29.5 Å². The van der Waals surface area contributed by atoms with E-state index in [1.54, 1.807) is 10.6 Å². The molecule has 0 saturated carbocycles. The maximum atomic E-state index is 14.1. The highest BCUT2D eigenvalue weighted by Crippen LogP contribution is 2.32. The Labute approximate surface area is 273 Å². The lowest BCUT2D eigenvalue weighted by Gasteiger charge is -2.34. The Bertz CT molecular complexity index is 1270. The molecular weight excluding hydrogens is 654 g/mol. The fourth-order valence-electron chi connectivity index (χ4n) is 4.38. The highest BCUT2D eigenvalue weighted by atomic mass is 19.4. The van der Waals surface area contributed by atoms with Gasteiger partial charge in [-0.1, -0.05) is 18.2 Å². The minimum absolute atomic E-state index is 0.0779. The van der Waals surface area contributed by atoms with Crippen molar-refractivity contribution < 1.29 is 50.3 Å². The molecule has 19 heteroatoms. The topological polar surface area (TPSA) is 238 Å². The molecule has 1 aromatic rings. The zero-order valence-corrected chi connectivity index (χ0v) is 26.6. The third kappa shape index (κ3) is 12.6. The smallest absolute Gasteiger partial charge is 0.368 e. The first-order valence-corrected chi connectivity index (χ1v) is 15.1. The molecule has 0 fully saturated rings. The number of halogens is 6. The second-order valence-corrected chi connectivity index (χ2v) is 11.4. The average molecular weight is 699 g/mol. The average Bonchev–Trinajstić information content (AvgIpc) is 2.98. The van der Waals surface area contributed by atoms with Gasteiger partial charge in [0.05, 0.1) is 11.6 Å². The number of primary amides is 1. The van der Waals surface area contributed by atoms with E-state index >= 15 is 0 Å². The van der Waals surface area contributed by atoms with Crippen molar-refractivity contribution in [3.05, 3.63) is 35.4 Å². The summed E-state index contributed by atoms with van der Waals surface area (Å²) in [4.78, 5) is 63.6. The van der Waals surface area contributed by atoms with Crippen LogP contribution < -0.4 is 44.2 Å². The third-order valence-electron chi connectivity index (χ3n) is 7.43. The van der Waals surface area contributed by atoms with Crippen LogP contribution in [0, 0.1) is 0 Å². The Morgan fingerprint density at radius 3 is 1.75 bits per heavy atom. The molecule has 13 nitrogen and oxygen atoms in total. The van der Waals surface area contributed by atoms with Crippen LogP contribution in [0.25, 0.3) is 0 Å². The van der Waals surface area contributed by atoms with Crippen molar-refractivity contribution in [3.63, 3.8) is 0 Å². The lowest BCUT2D eigenvalue weighted by atomic mass is 9.97. The van der Waals surface area contributed by atoms with Gasteiger partial charge in [0.15, 0.2) is 0 Å². The molecule has 1 rings (SSSR count). The first kappa shape index (κ1) is 42.1. The van der Waals surface area contributed by atoms with E-state index < -0.39 is 83.6 Å². The van der Waals surface area contributed by atoms with Crippen molar-refractivity contribution in [1.82, 2.24) is 21.3 Å². The maximum Gasteiger partial charge on any atom is 0.420 e. The molecule has 12 N–H and O–H groups in total. The number of benzene rings is 1. The van der Waals surface area contributed by atoms with E-state index in [4.69, 9.17) is 22.9 Å². The van der Waals surface area contributed by atoms with E-state index in [-0.39, 0.29) is 44.3 Å². The van der Waals surface area contributed by atoms with Gasteiger partial charge >= 0.3 is 12.4 Å². The van der Waals surface area contributed by atoms with Gasteiger partial charge in [-0.2, -0.15) is 26.3 Å². The van der Waals surface area contributed by atoms with E-state index in [0.717, 1.165) is 19.1 Å². The van der Waals surface area contributed by atoms with Gasteiger partial charge in [-0.3, -0.25) is 24.0 Å². The van der Waals surface area contributed by atoms with Crippen molar-refractivity contribution in [1.29, 1.82) is 0 Å². The van der Waals surface area contributed by atoms with Crippen LogP contribution in [0.15, 0.2) is 24.3 Å². The molecule has 0 aliphatic rings. The van der Waals surface area contributed by atoms with Crippen LogP contribution in [0.1, 0.15) is 63.5 Å². The number of hydrogen-bond acceptors (Lipinski definition) is 8. The van der Waals surface area contributed by atoms with Gasteiger partial charge in [0.1, 0.15) is 18.1 Å². The summed E-state index contributed by atoms with van der Waals surface area (Å²) in [5.41, 5.74) is 17.1. The van der Waals surface area contributed by atoms with Gasteiger partial charge in [-0.25, -0.2) is 0 Å². The van der Waals surface area contributed by atoms with Crippen LogP contribution in [-0.2, 0) is 36.6 Å². The van der Waals surface area contributed by atoms with E-state index in [1.165, 1.54) is 12.1 Å². The molecule has 0 radical (unpaired) electrons. The molecule has 0 spiro atoms. The predicted octanol–water partition coefficient (Wildman–Crippen LogP) is 0.230. The Hall–Kier alpha value is -3.97. The molecule has 0 saturated heterocycles. The van der Waals surface area contributed by atoms with Crippen LogP contribution in [-0.4, -0.2) is 78.5 Å². The molecule has 0 bridgehead atoms. The first-order chi connectivity index (χ1) is 22.2. The number of nitrogens with one attached hydrogen (secondary N) is 4. The van der Waals surface area contributed by atoms with Gasteiger partial charge in [-0.15, -0.1) is 0 Å². The van der Waals surface area contributed by atoms with Gasteiger partial charge in [0, 0.05) is 0 Å². The summed E-state index contributed by atoms with van der Waals surface area (Å²) in [5.74, 6) is -6.38. The summed E-state index contributed by atoms with van der Waals surface area (Å²) >= 11 is 0. The number of rotatable bonds is 19. The molecule has 0 unspecified atom stereocenters. The van der Waals surface area contributed by atoms with E-state index in [1.807, 2.05) is 0 Å². The second kappa shape index (κ2) is 18.5. The highest BCUT2D eigenvalue weighted by molar-refractivity contribution is 5.97. The molecule has 0 aliphatic heterocycles. The monoisotopic (exact) mass is 698 g/mol. The van der Waals surface area contributed by atoms with Crippen LogP contribution in [0.2, 0.25) is 0 Å². The molecule has 1 aromatic carbocycles. The number of hydrogen-bond donors (Lipinski definition) is 8. The van der Waals surface area contributed by atoms with E-state index in [2.05, 4.69) is 10.6 Å². The Morgan fingerprint density at radius 1 is 0.771 bits per heavy atom. The van der Waals surface area contributed by atoms with Crippen molar-refractivity contribution in [2.24, 2.45) is 22.9 Å². The third-order valence-corrected chi connectivity index (χ3v) is 7.43. The van der Waals surface area contributed by atoms with Crippen LogP contribution >= 0.6 is 0 Å². The number of carbonyl (C=O) groups is 5. The summed E-state index contributed by atoms with van der Waals surface area (Å²) < 4.78 is 82.7. The van der Waals surface area contributed by atoms with Gasteiger partial charge < -0.3 is 44.2 Å². The van der Waals surface area contributed by atoms with Crippen molar-refractivity contribution in [2.45, 2.75) is 101 Å². The Morgan fingerprint density at radius 2 is 1.27 bits per heavy atom. The van der Waals surface area contributed by atoms with Crippen molar-refractivity contribution in [2.75, 3.05) is 13.1 Å². The predicted molar refractivity (Wildman–Crippen MR) is 162 cm³/mol. The minimum atomic E-state index is -5.38. The van der Waals surface area contributed by atoms with Gasteiger partial charge in [0.25, 0.3) is 5.91 Å². The molecule has 5 amide bonds. The fourth-order valence-corrected chi connectivity index (χ4v) is 4.38. The standard InChI is InChI=1S/C29H44F6N8O5/c1-16(22(39)44)40-26(48)27(2,29(33,34)35)43-25(47)21(12-6-8-14-37)42-24(46)20(11-5-7-13-36)41-23(45)19(38)15-17-9-3-4-10-18(17)28(30,31)32/h3-4,9-10,16,19-21H,5-8,11-15,36-38H2,1-2H3,(H2,39,44)(H,40,48)(H,41,45)(H,42,46)(H,43,47)/t16-,19-,20-,21-,27-/m0/s1. The Kier molecular flexibility index (Phi) is 16.2. The minimum Gasteiger partial charge on any atom is -0.368 e. The molecular formula is C29H44F6N8O5. The highest BCUT2D eigenvalue weighted by Gasteiger charge is 2.58. The SMILES string of the molecule is C[C@H](NC(=O)[C@](C)(NC(=O)[C@H](CCCCN)NC(=O)[C@H](CCCCN)NC(=O)[C@@H](N)Cc1ccccc1C(F)(F)F)C(F)(F)F)C(N)=O. The van der Waals surface area contributed by atoms with Gasteiger partial charge in [0.2, 0.25) is 29.2 Å². The summed E-state index contributed by atoms with van der Waals surface area (Å²) in [7, 11) is 0. The fraction of sp³-hybridized carbons (Fsp3) is 0.621. The number of alkyl halides is 6. The quantitative estimate of drug-likeness (QED) is 0.0734. The molecule has 272 valence electrons. The second-order valence-electron chi connectivity index (χ2n) is 11.4. The van der Waals surface area contributed by atoms with E-state index in [9.17, 15) is 50.3 Å². The number of nitrogens with two attached hydrogens (primary N) is 4. The normalized spacial score (nSPS) is 15.6. The molecule has 0 aliphatic carbocycles. The zero-order valence-electron chi connectivity index (χ0n) is 26.6. The van der Waals surface area contributed by atoms with Crippen LogP contribution in [0.5, 0.6) is 0 Å². The first-order valence-electron chi connectivity index (χ1n) is 15.1. The molecule has 0 aromatic heterocycles. The Balaban J connectivity index is 3.28. The number of amides is 5. The van der Waals surface area contributed by atoms with Crippen molar-refractivity contribution in [3.8, 4) is 0 Å². The number of unbranched alkanes of at least 4 members (excludes halogenated alkanes) is 2. The molecule has 0 heterocycles. The van der Waals surface area contributed by atoms with E-state index in [0.29, 0.717) is 19.8 Å². The molecule has 48 heavy (non-hydrogen) atoms. The van der Waals surface area contributed by atoms with Crippen LogP contribution in [0.3, 0.4) is 0 Å². The maximum absolute atomic E-state index is 14.1. The lowest BCUT2D eigenvalue weighted by molar-refractivity contribution is -0.198. The zero-order chi connectivity index (χ0) is 36.9. The number of carbonyl (C=O) groups excluding carboxylic acids is 5. The molecule has 5 atom stereocenters.